The minimum Gasteiger partial charge on any atom is -0.454 e. The maximum Gasteiger partial charge on any atom is 0.377 e. The van der Waals surface area contributed by atoms with Gasteiger partial charge >= 0.3 is 11.9 Å². The highest BCUT2D eigenvalue weighted by Gasteiger charge is 2.34. The SMILES string of the molecule is C=C(F)COC(=O)C(C)(F)F. The van der Waals surface area contributed by atoms with Gasteiger partial charge in [0.1, 0.15) is 12.4 Å². The zero-order chi connectivity index (χ0) is 9.07. The van der Waals surface area contributed by atoms with Gasteiger partial charge in [-0.2, -0.15) is 8.78 Å². The van der Waals surface area contributed by atoms with Crippen molar-refractivity contribution in [3.8, 4) is 0 Å². The van der Waals surface area contributed by atoms with E-state index in [1.807, 2.05) is 0 Å². The van der Waals surface area contributed by atoms with E-state index in [2.05, 4.69) is 11.3 Å². The molecule has 0 aliphatic heterocycles. The second-order valence-electron chi connectivity index (χ2n) is 1.98. The summed E-state index contributed by atoms with van der Waals surface area (Å²) in [6.45, 7) is 2.27. The van der Waals surface area contributed by atoms with Crippen molar-refractivity contribution in [2.75, 3.05) is 6.61 Å². The summed E-state index contributed by atoms with van der Waals surface area (Å²) in [7, 11) is 0. The van der Waals surface area contributed by atoms with E-state index in [0.717, 1.165) is 0 Å². The summed E-state index contributed by atoms with van der Waals surface area (Å²) in [6, 6.07) is 0. The van der Waals surface area contributed by atoms with Gasteiger partial charge in [0.25, 0.3) is 0 Å². The van der Waals surface area contributed by atoms with Crippen LogP contribution in [-0.4, -0.2) is 18.5 Å². The summed E-state index contributed by atoms with van der Waals surface area (Å²) >= 11 is 0. The van der Waals surface area contributed by atoms with E-state index in [0.29, 0.717) is 6.92 Å². The van der Waals surface area contributed by atoms with E-state index in [-0.39, 0.29) is 0 Å². The van der Waals surface area contributed by atoms with E-state index in [9.17, 15) is 18.0 Å². The van der Waals surface area contributed by atoms with Crippen LogP contribution in [-0.2, 0) is 9.53 Å². The molecule has 0 aromatic heterocycles. The second-order valence-corrected chi connectivity index (χ2v) is 1.98. The van der Waals surface area contributed by atoms with E-state index < -0.39 is 24.3 Å². The van der Waals surface area contributed by atoms with Crippen LogP contribution in [0.3, 0.4) is 0 Å². The minimum absolute atomic E-state index is 0.371. The fourth-order valence-electron chi connectivity index (χ4n) is 0.271. The molecule has 0 aromatic carbocycles. The van der Waals surface area contributed by atoms with E-state index in [1.54, 1.807) is 0 Å². The molecule has 2 nitrogen and oxygen atoms in total. The molecule has 0 fully saturated rings. The quantitative estimate of drug-likeness (QED) is 0.599. The van der Waals surface area contributed by atoms with Gasteiger partial charge < -0.3 is 4.74 Å². The highest BCUT2D eigenvalue weighted by molar-refractivity contribution is 5.76. The van der Waals surface area contributed by atoms with Crippen molar-refractivity contribution in [1.82, 2.24) is 0 Å². The van der Waals surface area contributed by atoms with Crippen molar-refractivity contribution in [2.24, 2.45) is 0 Å². The van der Waals surface area contributed by atoms with Crippen molar-refractivity contribution < 1.29 is 22.7 Å². The molecule has 0 aliphatic carbocycles. The van der Waals surface area contributed by atoms with Crippen LogP contribution in [0, 0.1) is 0 Å². The Bertz CT molecular complexity index is 171. The van der Waals surface area contributed by atoms with Gasteiger partial charge in [0.2, 0.25) is 0 Å². The molecule has 0 bridgehead atoms. The fourth-order valence-corrected chi connectivity index (χ4v) is 0.271. The van der Waals surface area contributed by atoms with Gasteiger partial charge in [-0.05, 0) is 0 Å². The van der Waals surface area contributed by atoms with Gasteiger partial charge in [-0.25, -0.2) is 9.18 Å². The average molecular weight is 168 g/mol. The Labute approximate surface area is 61.6 Å². The standard InChI is InChI=1S/C6H7F3O2/c1-4(7)3-11-5(10)6(2,8)9/h1,3H2,2H3. The van der Waals surface area contributed by atoms with Gasteiger partial charge in [-0.3, -0.25) is 0 Å². The highest BCUT2D eigenvalue weighted by atomic mass is 19.3. The average Bonchev–Trinajstić information content (AvgIpc) is 1.80. The topological polar surface area (TPSA) is 26.3 Å². The van der Waals surface area contributed by atoms with E-state index in [4.69, 9.17) is 0 Å². The third-order valence-electron chi connectivity index (χ3n) is 0.718. The molecule has 0 atom stereocenters. The van der Waals surface area contributed by atoms with Gasteiger partial charge in [0.05, 0.1) is 0 Å². The zero-order valence-electron chi connectivity index (χ0n) is 5.86. The summed E-state index contributed by atoms with van der Waals surface area (Å²) < 4.78 is 39.4. The number of carbonyl (C=O) groups is 1. The minimum atomic E-state index is -3.57. The zero-order valence-corrected chi connectivity index (χ0v) is 5.86. The summed E-state index contributed by atoms with van der Waals surface area (Å²) in [5.41, 5.74) is 0. The first kappa shape index (κ1) is 10.0. The lowest BCUT2D eigenvalue weighted by molar-refractivity contribution is -0.168. The molecule has 64 valence electrons. The molecule has 11 heavy (non-hydrogen) atoms. The number of esters is 1. The summed E-state index contributed by atoms with van der Waals surface area (Å²) in [5.74, 6) is -6.30. The first-order valence-electron chi connectivity index (χ1n) is 2.72. The molecule has 0 aromatic rings. The van der Waals surface area contributed by atoms with E-state index >= 15 is 0 Å². The van der Waals surface area contributed by atoms with Crippen LogP contribution in [0.4, 0.5) is 13.2 Å². The number of hydrogen-bond donors (Lipinski definition) is 0. The molecular formula is C6H7F3O2. The third kappa shape index (κ3) is 4.41. The molecule has 0 spiro atoms. The molecule has 0 rings (SSSR count). The first-order chi connectivity index (χ1) is 4.84. The highest BCUT2D eigenvalue weighted by Crippen LogP contribution is 2.13. The Morgan fingerprint density at radius 2 is 2.09 bits per heavy atom. The molecule has 0 heterocycles. The number of ether oxygens (including phenoxy) is 1. The molecule has 0 saturated carbocycles. The van der Waals surface area contributed by atoms with Crippen molar-refractivity contribution in [3.63, 3.8) is 0 Å². The molecule has 0 N–H and O–H groups in total. The lowest BCUT2D eigenvalue weighted by Crippen LogP contribution is -2.27. The van der Waals surface area contributed by atoms with Crippen LogP contribution in [0.15, 0.2) is 12.4 Å². The maximum absolute atomic E-state index is 11.9. The number of rotatable bonds is 3. The van der Waals surface area contributed by atoms with Crippen molar-refractivity contribution >= 4 is 5.97 Å². The normalized spacial score (nSPS) is 10.9. The fraction of sp³-hybridized carbons (Fsp3) is 0.500. The van der Waals surface area contributed by atoms with Crippen LogP contribution in [0.2, 0.25) is 0 Å². The van der Waals surface area contributed by atoms with Gasteiger partial charge in [0.15, 0.2) is 0 Å². The van der Waals surface area contributed by atoms with Crippen molar-refractivity contribution in [2.45, 2.75) is 12.8 Å². The first-order valence-corrected chi connectivity index (χ1v) is 2.72. The Kier molecular flexibility index (Phi) is 3.10. The summed E-state index contributed by atoms with van der Waals surface area (Å²) in [6.07, 6.45) is 0. The lowest BCUT2D eigenvalue weighted by atomic mass is 10.4. The van der Waals surface area contributed by atoms with Crippen LogP contribution >= 0.6 is 0 Å². The Balaban J connectivity index is 3.80. The Morgan fingerprint density at radius 3 is 2.36 bits per heavy atom. The predicted octanol–water partition coefficient (Wildman–Crippen LogP) is 1.67. The Hall–Kier alpha value is -1.00. The van der Waals surface area contributed by atoms with Gasteiger partial charge in [-0.1, -0.05) is 6.58 Å². The maximum atomic E-state index is 11.9. The second kappa shape index (κ2) is 3.41. The molecule has 0 radical (unpaired) electrons. The number of halogens is 3. The number of carbonyl (C=O) groups excluding carboxylic acids is 1. The summed E-state index contributed by atoms with van der Waals surface area (Å²) in [4.78, 5) is 10.2. The van der Waals surface area contributed by atoms with Crippen LogP contribution in [0.5, 0.6) is 0 Å². The van der Waals surface area contributed by atoms with Gasteiger partial charge in [-0.15, -0.1) is 0 Å². The van der Waals surface area contributed by atoms with Crippen LogP contribution in [0.25, 0.3) is 0 Å². The predicted molar refractivity (Wildman–Crippen MR) is 31.8 cm³/mol. The number of hydrogen-bond acceptors (Lipinski definition) is 2. The largest absolute Gasteiger partial charge is 0.454 e. The molecule has 0 amide bonds. The molecule has 0 aliphatic rings. The smallest absolute Gasteiger partial charge is 0.377 e. The Morgan fingerprint density at radius 1 is 1.64 bits per heavy atom. The van der Waals surface area contributed by atoms with Crippen LogP contribution < -0.4 is 0 Å². The molecule has 0 unspecified atom stereocenters. The monoisotopic (exact) mass is 168 g/mol. The summed E-state index contributed by atoms with van der Waals surface area (Å²) in [5, 5.41) is 0. The van der Waals surface area contributed by atoms with Gasteiger partial charge in [0, 0.05) is 6.92 Å². The van der Waals surface area contributed by atoms with E-state index in [1.165, 1.54) is 0 Å². The van der Waals surface area contributed by atoms with Crippen LogP contribution in [0.1, 0.15) is 6.92 Å². The third-order valence-corrected chi connectivity index (χ3v) is 0.718. The lowest BCUT2D eigenvalue weighted by Gasteiger charge is -2.08. The van der Waals surface area contributed by atoms with Crippen molar-refractivity contribution in [1.29, 1.82) is 0 Å². The van der Waals surface area contributed by atoms with Crippen molar-refractivity contribution in [3.05, 3.63) is 12.4 Å². The molecule has 5 heteroatoms. The molecular weight excluding hydrogens is 161 g/mol. The molecule has 0 saturated heterocycles. The number of alkyl halides is 2.